The molecule has 0 amide bonds. The third-order valence-electron chi connectivity index (χ3n) is 3.87. The summed E-state index contributed by atoms with van der Waals surface area (Å²) in [7, 11) is 2.00. The van der Waals surface area contributed by atoms with Gasteiger partial charge in [-0.2, -0.15) is 0 Å². The molecule has 0 aliphatic heterocycles. The molecule has 29 heavy (non-hydrogen) atoms. The van der Waals surface area contributed by atoms with Gasteiger partial charge in [-0.05, 0) is 29.6 Å². The minimum absolute atomic E-state index is 0. The molecular weight excluding hydrogens is 542 g/mol. The molecule has 5 heteroatoms. The van der Waals surface area contributed by atoms with Crippen molar-refractivity contribution >= 4 is 21.9 Å². The monoisotopic (exact) mass is 573 g/mol. The Labute approximate surface area is 188 Å². The summed E-state index contributed by atoms with van der Waals surface area (Å²) in [5, 5.41) is 16.1. The number of aliphatic hydroxyl groups excluding tert-OH is 2. The molecule has 157 valence electrons. The van der Waals surface area contributed by atoms with Gasteiger partial charge in [0, 0.05) is 48.6 Å². The molecule has 0 unspecified atom stereocenters. The molecule has 0 aliphatic rings. The minimum Gasteiger partial charge on any atom is -0.501 e. The third-order valence-corrected chi connectivity index (χ3v) is 3.87. The fraction of sp³-hybridized carbons (Fsp3) is 0.292. The van der Waals surface area contributed by atoms with Crippen LogP contribution >= 0.6 is 0 Å². The number of rotatable bonds is 2. The summed E-state index contributed by atoms with van der Waals surface area (Å²) >= 11 is 0. The summed E-state index contributed by atoms with van der Waals surface area (Å²) in [5.41, 5.74) is 3.06. The van der Waals surface area contributed by atoms with Crippen molar-refractivity contribution in [3.63, 3.8) is 0 Å². The minimum atomic E-state index is -1.48. The van der Waals surface area contributed by atoms with Crippen molar-refractivity contribution < 1.29 is 37.5 Å². The van der Waals surface area contributed by atoms with Crippen molar-refractivity contribution in [3.05, 3.63) is 66.4 Å². The van der Waals surface area contributed by atoms with Gasteiger partial charge in [0.2, 0.25) is 0 Å². The smallest absolute Gasteiger partial charge is 0.120 e. The molecule has 0 aliphatic carbocycles. The molecule has 0 atom stereocenters. The quantitative estimate of drug-likeness (QED) is 0.322. The van der Waals surface area contributed by atoms with Crippen LogP contribution in [0.2, 0.25) is 0 Å². The maximum Gasteiger partial charge on any atom is 0.120 e. The Morgan fingerprint density at radius 2 is 1.72 bits per heavy atom. The van der Waals surface area contributed by atoms with Gasteiger partial charge in [-0.1, -0.05) is 61.5 Å². The number of pyridine rings is 1. The Bertz CT molecular complexity index is 1120. The number of para-hydroxylation sites is 1. The molecule has 0 saturated carbocycles. The van der Waals surface area contributed by atoms with E-state index < -0.39 is 11.8 Å². The van der Waals surface area contributed by atoms with Crippen molar-refractivity contribution in [3.8, 4) is 11.3 Å². The van der Waals surface area contributed by atoms with E-state index >= 15 is 0 Å². The second-order valence-electron chi connectivity index (χ2n) is 7.00. The molecule has 2 heterocycles. The number of aliphatic hydroxyl groups is 2. The van der Waals surface area contributed by atoms with Crippen molar-refractivity contribution in [2.75, 3.05) is 14.2 Å². The molecule has 2 aromatic carbocycles. The average molecular weight is 573 g/mol. The topological polar surface area (TPSA) is 66.5 Å². The van der Waals surface area contributed by atoms with Gasteiger partial charge in [-0.25, -0.2) is 0 Å². The van der Waals surface area contributed by atoms with Crippen LogP contribution in [0.15, 0.2) is 59.1 Å². The Morgan fingerprint density at radius 3 is 2.41 bits per heavy atom. The van der Waals surface area contributed by atoms with Crippen molar-refractivity contribution in [2.24, 2.45) is 5.41 Å². The summed E-state index contributed by atoms with van der Waals surface area (Å²) in [6.45, 7) is 5.71. The SMILES string of the molecule is CO.CO.[2H]C([2H])(c1ccnc(-c2[c-]ccc3c2oc2ccccc23)c1)C(C)(C)C.[Ir]. The molecule has 0 bridgehead atoms. The van der Waals surface area contributed by atoms with E-state index in [1.807, 2.05) is 63.2 Å². The van der Waals surface area contributed by atoms with Gasteiger partial charge in [0.15, 0.2) is 0 Å². The summed E-state index contributed by atoms with van der Waals surface area (Å²) < 4.78 is 23.1. The van der Waals surface area contributed by atoms with E-state index in [1.54, 1.807) is 12.3 Å². The molecule has 0 saturated heterocycles. The van der Waals surface area contributed by atoms with Crippen molar-refractivity contribution in [1.29, 1.82) is 0 Å². The number of fused-ring (bicyclic) bond motifs is 3. The second kappa shape index (κ2) is 11.2. The number of benzene rings is 2. The largest absolute Gasteiger partial charge is 0.501 e. The van der Waals surface area contributed by atoms with E-state index in [9.17, 15) is 0 Å². The molecule has 4 rings (SSSR count). The zero-order valence-corrected chi connectivity index (χ0v) is 19.7. The Morgan fingerprint density at radius 1 is 1.03 bits per heavy atom. The van der Waals surface area contributed by atoms with Gasteiger partial charge < -0.3 is 19.6 Å². The standard InChI is InChI=1S/C22H20NO.2CH4O.Ir/c1-22(2,3)14-15-11-12-23-19(13-15)18-9-6-8-17-16-7-4-5-10-20(16)24-21(17)18;2*1-2;/h4-8,10-13H,14H2,1-3H3;2*2H,1H3;/q-1;;;/i14D2;;;. The first-order valence-electron chi connectivity index (χ1n) is 9.97. The van der Waals surface area contributed by atoms with Crippen LogP contribution in [-0.2, 0) is 26.5 Å². The number of hydrogen-bond donors (Lipinski definition) is 2. The zero-order valence-electron chi connectivity index (χ0n) is 19.3. The van der Waals surface area contributed by atoms with Crippen LogP contribution in [0.3, 0.4) is 0 Å². The maximum atomic E-state index is 8.53. The number of aromatic nitrogens is 1. The fourth-order valence-electron chi connectivity index (χ4n) is 2.96. The molecule has 1 radical (unpaired) electrons. The van der Waals surface area contributed by atoms with Crippen LogP contribution in [-0.4, -0.2) is 29.4 Å². The first-order valence-corrected chi connectivity index (χ1v) is 8.97. The molecule has 0 fully saturated rings. The van der Waals surface area contributed by atoms with Crippen LogP contribution in [0, 0.1) is 11.5 Å². The van der Waals surface area contributed by atoms with E-state index in [0.29, 0.717) is 11.3 Å². The van der Waals surface area contributed by atoms with Crippen molar-refractivity contribution in [2.45, 2.75) is 27.1 Å². The van der Waals surface area contributed by atoms with Crippen LogP contribution in [0.25, 0.3) is 33.2 Å². The summed E-state index contributed by atoms with van der Waals surface area (Å²) in [4.78, 5) is 4.47. The summed E-state index contributed by atoms with van der Waals surface area (Å²) in [6, 6.07) is 18.6. The number of furan rings is 1. The van der Waals surface area contributed by atoms with Crippen molar-refractivity contribution in [1.82, 2.24) is 4.98 Å². The molecule has 4 aromatic rings. The predicted octanol–water partition coefficient (Wildman–Crippen LogP) is 5.25. The normalized spacial score (nSPS) is 12.0. The average Bonchev–Trinajstić information content (AvgIpc) is 3.15. The molecule has 0 spiro atoms. The van der Waals surface area contributed by atoms with E-state index in [4.69, 9.17) is 17.4 Å². The molecule has 2 aromatic heterocycles. The van der Waals surface area contributed by atoms with Gasteiger partial charge in [0.05, 0.1) is 5.58 Å². The predicted molar refractivity (Wildman–Crippen MR) is 115 cm³/mol. The van der Waals surface area contributed by atoms with E-state index in [0.717, 1.165) is 41.7 Å². The number of nitrogens with zero attached hydrogens (tertiary/aromatic N) is 1. The Hall–Kier alpha value is -2.04. The molecular formula is C24H28IrNO3-. The summed E-state index contributed by atoms with van der Waals surface area (Å²) in [6.07, 6.45) is 0.177. The van der Waals surface area contributed by atoms with Gasteiger partial charge in [0.25, 0.3) is 0 Å². The Balaban J connectivity index is 0.000000910. The first-order chi connectivity index (χ1) is 14.3. The van der Waals surface area contributed by atoms with E-state index in [1.165, 1.54) is 0 Å². The second-order valence-corrected chi connectivity index (χ2v) is 7.00. The Kier molecular flexibility index (Phi) is 8.38. The van der Waals surface area contributed by atoms with Crippen LogP contribution in [0.1, 0.15) is 29.1 Å². The van der Waals surface area contributed by atoms with Gasteiger partial charge >= 0.3 is 0 Å². The first kappa shape index (κ1) is 21.7. The zero-order chi connectivity index (χ0) is 22.5. The molecule has 2 N–H and O–H groups in total. The van der Waals surface area contributed by atoms with Gasteiger partial charge in [0.1, 0.15) is 5.58 Å². The maximum absolute atomic E-state index is 8.53. The third kappa shape index (κ3) is 5.97. The van der Waals surface area contributed by atoms with E-state index in [-0.39, 0.29) is 20.1 Å². The van der Waals surface area contributed by atoms with E-state index in [2.05, 4.69) is 11.1 Å². The van der Waals surface area contributed by atoms with Crippen LogP contribution in [0.5, 0.6) is 0 Å². The van der Waals surface area contributed by atoms with Gasteiger partial charge in [-0.3, -0.25) is 0 Å². The van der Waals surface area contributed by atoms with Gasteiger partial charge in [-0.15, -0.1) is 18.2 Å². The molecule has 4 nitrogen and oxygen atoms in total. The van der Waals surface area contributed by atoms with Crippen LogP contribution < -0.4 is 0 Å². The van der Waals surface area contributed by atoms with Crippen LogP contribution in [0.4, 0.5) is 0 Å². The number of hydrogen-bond acceptors (Lipinski definition) is 4. The summed E-state index contributed by atoms with van der Waals surface area (Å²) in [5.74, 6) is 0. The fourth-order valence-corrected chi connectivity index (χ4v) is 2.96.